The molecule has 18 heavy (non-hydrogen) atoms. The summed E-state index contributed by atoms with van der Waals surface area (Å²) in [7, 11) is 1.54. The lowest BCUT2D eigenvalue weighted by Gasteiger charge is -2.04. The number of carbonyl (C=O) groups excluding carboxylic acids is 2. The van der Waals surface area contributed by atoms with Gasteiger partial charge in [-0.05, 0) is 19.1 Å². The van der Waals surface area contributed by atoms with Gasteiger partial charge in [-0.2, -0.15) is 0 Å². The predicted molar refractivity (Wildman–Crippen MR) is 68.1 cm³/mol. The number of ketones is 2. The second kappa shape index (κ2) is 7.61. The Labute approximate surface area is 107 Å². The Morgan fingerprint density at radius 2 is 2.06 bits per heavy atom. The summed E-state index contributed by atoms with van der Waals surface area (Å²) < 4.78 is 10.1. The maximum atomic E-state index is 11.8. The van der Waals surface area contributed by atoms with Gasteiger partial charge < -0.3 is 9.47 Å². The van der Waals surface area contributed by atoms with E-state index in [9.17, 15) is 9.59 Å². The summed E-state index contributed by atoms with van der Waals surface area (Å²) in [5, 5.41) is 0. The van der Waals surface area contributed by atoms with Gasteiger partial charge in [0.05, 0.1) is 20.1 Å². The molecule has 0 saturated carbocycles. The van der Waals surface area contributed by atoms with Gasteiger partial charge in [0.1, 0.15) is 11.5 Å². The molecule has 1 aromatic carbocycles. The second-order valence-corrected chi connectivity index (χ2v) is 3.82. The van der Waals surface area contributed by atoms with E-state index in [0.717, 1.165) is 0 Å². The van der Waals surface area contributed by atoms with Crippen LogP contribution in [0.15, 0.2) is 24.3 Å². The zero-order valence-electron chi connectivity index (χ0n) is 10.8. The first kappa shape index (κ1) is 14.4. The lowest BCUT2D eigenvalue weighted by atomic mass is 10.0. The van der Waals surface area contributed by atoms with Crippen LogP contribution >= 0.6 is 0 Å². The number of hydrogen-bond donors (Lipinski definition) is 0. The molecule has 0 bridgehead atoms. The highest BCUT2D eigenvalue weighted by Crippen LogP contribution is 2.14. The van der Waals surface area contributed by atoms with E-state index in [1.807, 2.05) is 6.92 Å². The van der Waals surface area contributed by atoms with Gasteiger partial charge in [-0.1, -0.05) is 12.1 Å². The van der Waals surface area contributed by atoms with Crippen LogP contribution in [0.2, 0.25) is 0 Å². The molecule has 0 aliphatic carbocycles. The highest BCUT2D eigenvalue weighted by molar-refractivity contribution is 6.08. The Morgan fingerprint density at radius 3 is 2.72 bits per heavy atom. The van der Waals surface area contributed by atoms with E-state index in [0.29, 0.717) is 24.5 Å². The molecule has 0 fully saturated rings. The van der Waals surface area contributed by atoms with Crippen molar-refractivity contribution in [1.82, 2.24) is 0 Å². The molecule has 0 heterocycles. The summed E-state index contributed by atoms with van der Waals surface area (Å²) >= 11 is 0. The standard InChI is InChI=1S/C14H18O4/c1-3-18-8-7-12(15)10-14(16)11-5-4-6-13(9-11)17-2/h4-6,9H,3,7-8,10H2,1-2H3. The zero-order valence-corrected chi connectivity index (χ0v) is 10.8. The van der Waals surface area contributed by atoms with Gasteiger partial charge in [-0.25, -0.2) is 0 Å². The Balaban J connectivity index is 2.51. The molecule has 0 amide bonds. The average molecular weight is 250 g/mol. The summed E-state index contributed by atoms with van der Waals surface area (Å²) in [4.78, 5) is 23.4. The molecular weight excluding hydrogens is 232 g/mol. The van der Waals surface area contributed by atoms with Gasteiger partial charge in [0.15, 0.2) is 5.78 Å². The van der Waals surface area contributed by atoms with Crippen LogP contribution in [0, 0.1) is 0 Å². The second-order valence-electron chi connectivity index (χ2n) is 3.82. The monoisotopic (exact) mass is 250 g/mol. The molecule has 0 aliphatic rings. The van der Waals surface area contributed by atoms with Crippen molar-refractivity contribution in [3.05, 3.63) is 29.8 Å². The number of benzene rings is 1. The molecule has 0 spiro atoms. The number of carbonyl (C=O) groups is 2. The van der Waals surface area contributed by atoms with Crippen LogP contribution in [0.3, 0.4) is 0 Å². The molecule has 1 rings (SSSR count). The van der Waals surface area contributed by atoms with E-state index < -0.39 is 0 Å². The maximum absolute atomic E-state index is 11.8. The van der Waals surface area contributed by atoms with E-state index in [-0.39, 0.29) is 24.4 Å². The van der Waals surface area contributed by atoms with Crippen molar-refractivity contribution in [2.45, 2.75) is 19.8 Å². The molecule has 0 aliphatic heterocycles. The highest BCUT2D eigenvalue weighted by Gasteiger charge is 2.12. The minimum Gasteiger partial charge on any atom is -0.497 e. The molecule has 0 aromatic heterocycles. The lowest BCUT2D eigenvalue weighted by molar-refractivity contribution is -0.119. The molecule has 4 nitrogen and oxygen atoms in total. The van der Waals surface area contributed by atoms with Crippen molar-refractivity contribution in [2.24, 2.45) is 0 Å². The normalized spacial score (nSPS) is 10.1. The fraction of sp³-hybridized carbons (Fsp3) is 0.429. The Bertz CT molecular complexity index is 412. The van der Waals surface area contributed by atoms with E-state index in [1.165, 1.54) is 7.11 Å². The van der Waals surface area contributed by atoms with Crippen LogP contribution in [-0.2, 0) is 9.53 Å². The van der Waals surface area contributed by atoms with Gasteiger partial charge in [0, 0.05) is 18.6 Å². The molecule has 98 valence electrons. The molecule has 1 aromatic rings. The summed E-state index contributed by atoms with van der Waals surface area (Å²) in [6, 6.07) is 6.81. The topological polar surface area (TPSA) is 52.6 Å². The van der Waals surface area contributed by atoms with Crippen LogP contribution in [0.4, 0.5) is 0 Å². The molecule has 0 unspecified atom stereocenters. The van der Waals surface area contributed by atoms with Gasteiger partial charge in [0.25, 0.3) is 0 Å². The van der Waals surface area contributed by atoms with E-state index in [2.05, 4.69) is 0 Å². The summed E-state index contributed by atoms with van der Waals surface area (Å²) in [5.41, 5.74) is 0.499. The van der Waals surface area contributed by atoms with Crippen LogP contribution in [0.25, 0.3) is 0 Å². The van der Waals surface area contributed by atoms with Crippen molar-refractivity contribution >= 4 is 11.6 Å². The Hall–Kier alpha value is -1.68. The number of hydrogen-bond acceptors (Lipinski definition) is 4. The Morgan fingerprint density at radius 1 is 1.28 bits per heavy atom. The van der Waals surface area contributed by atoms with Crippen LogP contribution < -0.4 is 4.74 Å². The Kier molecular flexibility index (Phi) is 6.08. The summed E-state index contributed by atoms with van der Waals surface area (Å²) in [6.07, 6.45) is 0.198. The quantitative estimate of drug-likeness (QED) is 0.403. The van der Waals surface area contributed by atoms with Gasteiger partial charge in [0.2, 0.25) is 0 Å². The smallest absolute Gasteiger partial charge is 0.170 e. The van der Waals surface area contributed by atoms with Crippen molar-refractivity contribution in [2.75, 3.05) is 20.3 Å². The van der Waals surface area contributed by atoms with Crippen LogP contribution in [-0.4, -0.2) is 31.9 Å². The first-order chi connectivity index (χ1) is 8.67. The highest BCUT2D eigenvalue weighted by atomic mass is 16.5. The fourth-order valence-electron chi connectivity index (χ4n) is 1.50. The van der Waals surface area contributed by atoms with Crippen LogP contribution in [0.5, 0.6) is 5.75 Å². The minimum absolute atomic E-state index is 0.0831. The fourth-order valence-corrected chi connectivity index (χ4v) is 1.50. The van der Waals surface area contributed by atoms with Crippen molar-refractivity contribution in [3.8, 4) is 5.75 Å². The first-order valence-electron chi connectivity index (χ1n) is 5.94. The zero-order chi connectivity index (χ0) is 13.4. The molecule has 0 radical (unpaired) electrons. The van der Waals surface area contributed by atoms with Gasteiger partial charge in [-0.15, -0.1) is 0 Å². The third-order valence-corrected chi connectivity index (χ3v) is 2.48. The van der Waals surface area contributed by atoms with Crippen molar-refractivity contribution in [3.63, 3.8) is 0 Å². The first-order valence-corrected chi connectivity index (χ1v) is 5.94. The average Bonchev–Trinajstić information content (AvgIpc) is 2.39. The number of rotatable bonds is 8. The van der Waals surface area contributed by atoms with Gasteiger partial charge >= 0.3 is 0 Å². The van der Waals surface area contributed by atoms with E-state index >= 15 is 0 Å². The third-order valence-electron chi connectivity index (χ3n) is 2.48. The summed E-state index contributed by atoms with van der Waals surface area (Å²) in [6.45, 7) is 2.82. The van der Waals surface area contributed by atoms with E-state index in [1.54, 1.807) is 24.3 Å². The van der Waals surface area contributed by atoms with Crippen molar-refractivity contribution < 1.29 is 19.1 Å². The molecular formula is C14H18O4. The molecule has 0 N–H and O–H groups in total. The largest absolute Gasteiger partial charge is 0.497 e. The maximum Gasteiger partial charge on any atom is 0.170 e. The molecule has 0 atom stereocenters. The van der Waals surface area contributed by atoms with Crippen molar-refractivity contribution in [1.29, 1.82) is 0 Å². The lowest BCUT2D eigenvalue weighted by Crippen LogP contribution is -2.10. The van der Waals surface area contributed by atoms with Crippen LogP contribution in [0.1, 0.15) is 30.1 Å². The SMILES string of the molecule is CCOCCC(=O)CC(=O)c1cccc(OC)c1. The predicted octanol–water partition coefficient (Wildman–Crippen LogP) is 2.26. The van der Waals surface area contributed by atoms with Gasteiger partial charge in [-0.3, -0.25) is 9.59 Å². The van der Waals surface area contributed by atoms with E-state index in [4.69, 9.17) is 9.47 Å². The molecule has 4 heteroatoms. The number of ether oxygens (including phenoxy) is 2. The number of methoxy groups -OCH3 is 1. The number of Topliss-reactive ketones (excluding diaryl/α,β-unsaturated/α-hetero) is 2. The molecule has 0 saturated heterocycles. The minimum atomic E-state index is -0.185. The summed E-state index contributed by atoms with van der Waals surface area (Å²) in [5.74, 6) is 0.328. The third kappa shape index (κ3) is 4.67.